The molecular weight excluding hydrogens is 384 g/mol. The van der Waals surface area contributed by atoms with Crippen LogP contribution in [-0.4, -0.2) is 42.2 Å². The van der Waals surface area contributed by atoms with E-state index in [2.05, 4.69) is 0 Å². The summed E-state index contributed by atoms with van der Waals surface area (Å²) in [5.41, 5.74) is 3.51. The first kappa shape index (κ1) is 21.6. The van der Waals surface area contributed by atoms with Crippen LogP contribution in [0.5, 0.6) is 5.75 Å². The SMILES string of the molecule is COc1cccc(-c2ccn(CC[C@](C)(C(=O)NO)S(C)(=O)=O)c(=O)c2)c1C. The minimum absolute atomic E-state index is 0.00675. The zero-order chi connectivity index (χ0) is 21.1. The van der Waals surface area contributed by atoms with Crippen molar-refractivity contribution in [1.29, 1.82) is 0 Å². The molecule has 0 saturated carbocycles. The van der Waals surface area contributed by atoms with Gasteiger partial charge in [0.2, 0.25) is 0 Å². The Bertz CT molecular complexity index is 1040. The van der Waals surface area contributed by atoms with Crippen LogP contribution in [0.25, 0.3) is 11.1 Å². The molecule has 28 heavy (non-hydrogen) atoms. The fraction of sp³-hybridized carbons (Fsp3) is 0.368. The first-order chi connectivity index (χ1) is 13.0. The van der Waals surface area contributed by atoms with E-state index < -0.39 is 20.5 Å². The van der Waals surface area contributed by atoms with Crippen molar-refractivity contribution in [2.45, 2.75) is 31.6 Å². The van der Waals surface area contributed by atoms with Gasteiger partial charge >= 0.3 is 0 Å². The molecule has 1 aromatic heterocycles. The number of nitrogens with zero attached hydrogens (tertiary/aromatic N) is 1. The molecule has 0 saturated heterocycles. The average molecular weight is 408 g/mol. The highest BCUT2D eigenvalue weighted by Crippen LogP contribution is 2.29. The van der Waals surface area contributed by atoms with E-state index in [9.17, 15) is 18.0 Å². The fourth-order valence-corrected chi connectivity index (χ4v) is 3.77. The predicted molar refractivity (Wildman–Crippen MR) is 105 cm³/mol. The van der Waals surface area contributed by atoms with Gasteiger partial charge in [-0.3, -0.25) is 14.8 Å². The van der Waals surface area contributed by atoms with E-state index in [-0.39, 0.29) is 18.5 Å². The van der Waals surface area contributed by atoms with Gasteiger partial charge < -0.3 is 9.30 Å². The van der Waals surface area contributed by atoms with Crippen LogP contribution < -0.4 is 15.8 Å². The number of hydrogen-bond donors (Lipinski definition) is 2. The number of methoxy groups -OCH3 is 1. The molecule has 1 atom stereocenters. The number of benzene rings is 1. The highest BCUT2D eigenvalue weighted by Gasteiger charge is 2.43. The third kappa shape index (κ3) is 4.10. The summed E-state index contributed by atoms with van der Waals surface area (Å²) in [7, 11) is -2.25. The van der Waals surface area contributed by atoms with Crippen molar-refractivity contribution in [2.75, 3.05) is 13.4 Å². The number of carbonyl (C=O) groups is 1. The van der Waals surface area contributed by atoms with E-state index in [0.717, 1.165) is 17.4 Å². The molecule has 0 spiro atoms. The highest BCUT2D eigenvalue weighted by molar-refractivity contribution is 7.92. The van der Waals surface area contributed by atoms with Crippen molar-refractivity contribution >= 4 is 15.7 Å². The summed E-state index contributed by atoms with van der Waals surface area (Å²) < 4.78 is 28.8. The molecule has 0 radical (unpaired) electrons. The summed E-state index contributed by atoms with van der Waals surface area (Å²) in [6, 6.07) is 8.73. The van der Waals surface area contributed by atoms with E-state index in [4.69, 9.17) is 9.94 Å². The molecule has 1 aromatic carbocycles. The molecule has 1 amide bonds. The Balaban J connectivity index is 2.33. The van der Waals surface area contributed by atoms with Gasteiger partial charge in [-0.05, 0) is 49.1 Å². The summed E-state index contributed by atoms with van der Waals surface area (Å²) >= 11 is 0. The van der Waals surface area contributed by atoms with Crippen molar-refractivity contribution in [2.24, 2.45) is 0 Å². The lowest BCUT2D eigenvalue weighted by molar-refractivity contribution is -0.131. The molecule has 1 heterocycles. The van der Waals surface area contributed by atoms with Gasteiger partial charge in [0, 0.05) is 25.1 Å². The van der Waals surface area contributed by atoms with Crippen molar-refractivity contribution in [3.8, 4) is 16.9 Å². The monoisotopic (exact) mass is 408 g/mol. The topological polar surface area (TPSA) is 115 Å². The van der Waals surface area contributed by atoms with Crippen LogP contribution in [-0.2, 0) is 21.2 Å². The van der Waals surface area contributed by atoms with Crippen LogP contribution in [0.4, 0.5) is 0 Å². The van der Waals surface area contributed by atoms with Gasteiger partial charge in [-0.25, -0.2) is 13.9 Å². The number of hydrogen-bond acceptors (Lipinski definition) is 6. The lowest BCUT2D eigenvalue weighted by atomic mass is 10.0. The lowest BCUT2D eigenvalue weighted by Crippen LogP contribution is -2.49. The van der Waals surface area contributed by atoms with Gasteiger partial charge in [0.25, 0.3) is 11.5 Å². The van der Waals surface area contributed by atoms with E-state index in [1.54, 1.807) is 19.4 Å². The maximum absolute atomic E-state index is 12.5. The molecule has 152 valence electrons. The number of ether oxygens (including phenoxy) is 1. The van der Waals surface area contributed by atoms with E-state index in [1.807, 2.05) is 25.1 Å². The molecule has 8 nitrogen and oxygen atoms in total. The van der Waals surface area contributed by atoms with Gasteiger partial charge in [0.1, 0.15) is 5.75 Å². The summed E-state index contributed by atoms with van der Waals surface area (Å²) in [6.07, 6.45) is 2.30. The quantitative estimate of drug-likeness (QED) is 0.530. The summed E-state index contributed by atoms with van der Waals surface area (Å²) in [4.78, 5) is 24.4. The summed E-state index contributed by atoms with van der Waals surface area (Å²) in [5, 5.41) is 8.87. The number of pyridine rings is 1. The highest BCUT2D eigenvalue weighted by atomic mass is 32.2. The normalized spacial score (nSPS) is 13.6. The van der Waals surface area contributed by atoms with Crippen LogP contribution in [0.15, 0.2) is 41.3 Å². The number of nitrogens with one attached hydrogen (secondary N) is 1. The molecular formula is C19H24N2O6S. The molecule has 0 aliphatic carbocycles. The Morgan fingerprint density at radius 3 is 2.54 bits per heavy atom. The second kappa shape index (κ2) is 8.15. The summed E-state index contributed by atoms with van der Waals surface area (Å²) in [6.45, 7) is 3.10. The first-order valence-electron chi connectivity index (χ1n) is 8.53. The molecule has 2 N–H and O–H groups in total. The summed E-state index contributed by atoms with van der Waals surface area (Å²) in [5.74, 6) is -0.327. The smallest absolute Gasteiger partial charge is 0.264 e. The molecule has 0 aliphatic heterocycles. The standard InChI is InChI=1S/C19H24N2O6S/c1-13-15(6-5-7-16(13)27-3)14-8-10-21(17(22)12-14)11-9-19(2,18(23)20-24)28(4,25)26/h5-8,10,12,24H,9,11H2,1-4H3,(H,20,23)/t19-/m1/s1. The second-order valence-corrected chi connectivity index (χ2v) is 9.22. The molecule has 2 aromatic rings. The molecule has 0 fully saturated rings. The minimum atomic E-state index is -3.82. The van der Waals surface area contributed by atoms with Crippen molar-refractivity contribution < 1.29 is 23.2 Å². The van der Waals surface area contributed by atoms with Crippen LogP contribution in [0.3, 0.4) is 0 Å². The zero-order valence-electron chi connectivity index (χ0n) is 16.2. The Morgan fingerprint density at radius 2 is 2.00 bits per heavy atom. The molecule has 2 rings (SSSR count). The van der Waals surface area contributed by atoms with Gasteiger partial charge in [0.05, 0.1) is 7.11 Å². The molecule has 0 bridgehead atoms. The third-order valence-electron chi connectivity index (χ3n) is 5.04. The van der Waals surface area contributed by atoms with Crippen molar-refractivity contribution in [1.82, 2.24) is 10.0 Å². The van der Waals surface area contributed by atoms with Crippen molar-refractivity contribution in [3.63, 3.8) is 0 Å². The van der Waals surface area contributed by atoms with Gasteiger partial charge in [-0.1, -0.05) is 12.1 Å². The van der Waals surface area contributed by atoms with E-state index in [1.165, 1.54) is 23.0 Å². The fourth-order valence-electron chi connectivity index (χ4n) is 2.93. The maximum Gasteiger partial charge on any atom is 0.264 e. The Kier molecular flexibility index (Phi) is 6.30. The number of amides is 1. The number of sulfone groups is 1. The van der Waals surface area contributed by atoms with Crippen LogP contribution in [0.2, 0.25) is 0 Å². The van der Waals surface area contributed by atoms with Gasteiger partial charge in [0.15, 0.2) is 14.6 Å². The minimum Gasteiger partial charge on any atom is -0.496 e. The molecule has 0 aliphatic rings. The largest absolute Gasteiger partial charge is 0.496 e. The number of rotatable bonds is 7. The Hall–Kier alpha value is -2.65. The Labute approximate surface area is 163 Å². The van der Waals surface area contributed by atoms with E-state index >= 15 is 0 Å². The second-order valence-electron chi connectivity index (χ2n) is 6.77. The van der Waals surface area contributed by atoms with Gasteiger partial charge in [-0.2, -0.15) is 0 Å². The first-order valence-corrected chi connectivity index (χ1v) is 10.4. The lowest BCUT2D eigenvalue weighted by Gasteiger charge is -2.25. The number of aromatic nitrogens is 1. The number of carbonyl (C=O) groups excluding carboxylic acids is 1. The number of hydroxylamine groups is 1. The van der Waals surface area contributed by atoms with Gasteiger partial charge in [-0.15, -0.1) is 0 Å². The maximum atomic E-state index is 12.5. The average Bonchev–Trinajstić information content (AvgIpc) is 2.65. The van der Waals surface area contributed by atoms with Crippen LogP contribution in [0, 0.1) is 6.92 Å². The zero-order valence-corrected chi connectivity index (χ0v) is 17.0. The van der Waals surface area contributed by atoms with Crippen LogP contribution >= 0.6 is 0 Å². The van der Waals surface area contributed by atoms with Crippen molar-refractivity contribution in [3.05, 3.63) is 52.4 Å². The van der Waals surface area contributed by atoms with E-state index in [0.29, 0.717) is 11.3 Å². The third-order valence-corrected chi connectivity index (χ3v) is 7.07. The molecule has 0 unspecified atom stereocenters. The molecule has 9 heteroatoms. The Morgan fingerprint density at radius 1 is 1.32 bits per heavy atom. The van der Waals surface area contributed by atoms with Crippen LogP contribution in [0.1, 0.15) is 18.9 Å². The predicted octanol–water partition coefficient (Wildman–Crippen LogP) is 1.53. The number of aryl methyl sites for hydroxylation is 1.